The fourth-order valence-corrected chi connectivity index (χ4v) is 3.94. The number of anilines is 1. The van der Waals surface area contributed by atoms with Crippen LogP contribution in [0.3, 0.4) is 0 Å². The molecule has 2 amide bonds. The first-order valence-corrected chi connectivity index (χ1v) is 12.3. The second-order valence-electron chi connectivity index (χ2n) is 10.1. The summed E-state index contributed by atoms with van der Waals surface area (Å²) in [6.45, 7) is 12.8. The molecule has 0 aliphatic carbocycles. The lowest BCUT2D eigenvalue weighted by atomic mass is 9.92. The molecule has 1 aromatic heterocycles. The summed E-state index contributed by atoms with van der Waals surface area (Å²) in [6.07, 6.45) is 0. The highest BCUT2D eigenvalue weighted by atomic mass is 79.9. The van der Waals surface area contributed by atoms with Crippen LogP contribution in [0.1, 0.15) is 56.2 Å². The van der Waals surface area contributed by atoms with Crippen LogP contribution in [0.5, 0.6) is 0 Å². The largest absolute Gasteiger partial charge is 0.329 e. The molecule has 0 aliphatic rings. The van der Waals surface area contributed by atoms with Gasteiger partial charge in [0.25, 0.3) is 5.91 Å². The average molecular weight is 525 g/mol. The Kier molecular flexibility index (Phi) is 7.97. The van der Waals surface area contributed by atoms with Crippen LogP contribution in [0, 0.1) is 12.8 Å². The van der Waals surface area contributed by atoms with Crippen LogP contribution in [0.15, 0.2) is 59.1 Å². The first-order valence-electron chi connectivity index (χ1n) is 11.5. The van der Waals surface area contributed by atoms with Gasteiger partial charge < -0.3 is 10.2 Å². The van der Waals surface area contributed by atoms with Gasteiger partial charge >= 0.3 is 0 Å². The van der Waals surface area contributed by atoms with E-state index in [4.69, 9.17) is 5.10 Å². The lowest BCUT2D eigenvalue weighted by Crippen LogP contribution is -2.40. The van der Waals surface area contributed by atoms with E-state index in [1.165, 1.54) is 0 Å². The topological polar surface area (TPSA) is 67.2 Å². The minimum absolute atomic E-state index is 0.0482. The summed E-state index contributed by atoms with van der Waals surface area (Å²) in [5, 5.41) is 7.77. The Balaban J connectivity index is 1.87. The molecule has 0 fully saturated rings. The van der Waals surface area contributed by atoms with E-state index >= 15 is 0 Å². The van der Waals surface area contributed by atoms with Gasteiger partial charge in [-0.15, -0.1) is 0 Å². The Bertz CT molecular complexity index is 1160. The van der Waals surface area contributed by atoms with Crippen molar-refractivity contribution in [3.05, 3.63) is 75.9 Å². The van der Waals surface area contributed by atoms with Gasteiger partial charge in [-0.1, -0.05) is 74.3 Å². The Morgan fingerprint density at radius 1 is 1.09 bits per heavy atom. The van der Waals surface area contributed by atoms with E-state index in [0.717, 1.165) is 21.4 Å². The minimum atomic E-state index is -0.266. The lowest BCUT2D eigenvalue weighted by Gasteiger charge is -2.24. The van der Waals surface area contributed by atoms with Crippen LogP contribution in [0.4, 0.5) is 5.82 Å². The summed E-state index contributed by atoms with van der Waals surface area (Å²) in [5.41, 5.74) is 3.24. The van der Waals surface area contributed by atoms with Crippen LogP contribution in [-0.2, 0) is 10.2 Å². The molecule has 180 valence electrons. The first kappa shape index (κ1) is 25.7. The van der Waals surface area contributed by atoms with E-state index in [0.29, 0.717) is 17.9 Å². The van der Waals surface area contributed by atoms with Crippen molar-refractivity contribution < 1.29 is 9.59 Å². The standard InChI is InChI=1S/C27H33BrN4O2/c1-18(2)16-31(26(34)20-8-7-9-21(28)14-20)17-25(33)29-24-15-23(27(4,5)6)30-32(24)22-12-10-19(3)11-13-22/h7-15,18H,16-17H2,1-6H3,(H,29,33). The zero-order valence-corrected chi connectivity index (χ0v) is 22.3. The number of nitrogens with zero attached hydrogens (tertiary/aromatic N) is 3. The van der Waals surface area contributed by atoms with Crippen LogP contribution in [-0.4, -0.2) is 39.6 Å². The maximum atomic E-state index is 13.2. The summed E-state index contributed by atoms with van der Waals surface area (Å²) >= 11 is 3.42. The van der Waals surface area contributed by atoms with E-state index in [1.807, 2.05) is 63.2 Å². The number of rotatable bonds is 7. The summed E-state index contributed by atoms with van der Waals surface area (Å²) in [6, 6.07) is 17.1. The molecular formula is C27H33BrN4O2. The molecule has 2 aromatic carbocycles. The molecule has 0 bridgehead atoms. The normalized spacial score (nSPS) is 11.5. The van der Waals surface area contributed by atoms with Crippen molar-refractivity contribution in [2.45, 2.75) is 47.0 Å². The molecule has 0 aliphatic heterocycles. The summed E-state index contributed by atoms with van der Waals surface area (Å²) in [4.78, 5) is 27.9. The number of carbonyl (C=O) groups is 2. The van der Waals surface area contributed by atoms with E-state index in [1.54, 1.807) is 21.7 Å². The van der Waals surface area contributed by atoms with Gasteiger partial charge in [0.2, 0.25) is 5.91 Å². The molecule has 0 saturated carbocycles. The third-order valence-electron chi connectivity index (χ3n) is 5.30. The second kappa shape index (κ2) is 10.6. The molecular weight excluding hydrogens is 492 g/mol. The van der Waals surface area contributed by atoms with Crippen LogP contribution in [0.2, 0.25) is 0 Å². The molecule has 34 heavy (non-hydrogen) atoms. The van der Waals surface area contributed by atoms with Crippen molar-refractivity contribution in [1.82, 2.24) is 14.7 Å². The fourth-order valence-electron chi connectivity index (χ4n) is 3.54. The number of hydrogen-bond acceptors (Lipinski definition) is 3. The van der Waals surface area contributed by atoms with E-state index in [2.05, 4.69) is 42.0 Å². The van der Waals surface area contributed by atoms with Crippen molar-refractivity contribution >= 4 is 33.6 Å². The first-order chi connectivity index (χ1) is 15.9. The summed E-state index contributed by atoms with van der Waals surface area (Å²) in [5.74, 6) is 0.359. The predicted octanol–water partition coefficient (Wildman–Crippen LogP) is 5.98. The Morgan fingerprint density at radius 3 is 2.35 bits per heavy atom. The van der Waals surface area contributed by atoms with Crippen LogP contribution < -0.4 is 5.32 Å². The highest BCUT2D eigenvalue weighted by Gasteiger charge is 2.24. The van der Waals surface area contributed by atoms with Gasteiger partial charge in [0, 0.05) is 28.1 Å². The van der Waals surface area contributed by atoms with E-state index in [-0.39, 0.29) is 29.7 Å². The minimum Gasteiger partial charge on any atom is -0.329 e. The second-order valence-corrected chi connectivity index (χ2v) is 11.0. The van der Waals surface area contributed by atoms with Crippen molar-refractivity contribution in [3.8, 4) is 5.69 Å². The number of nitrogens with one attached hydrogen (secondary N) is 1. The maximum absolute atomic E-state index is 13.2. The van der Waals surface area contributed by atoms with Crippen molar-refractivity contribution in [1.29, 1.82) is 0 Å². The molecule has 0 radical (unpaired) electrons. The highest BCUT2D eigenvalue weighted by molar-refractivity contribution is 9.10. The van der Waals surface area contributed by atoms with Gasteiger partial charge in [0.15, 0.2) is 0 Å². The zero-order chi connectivity index (χ0) is 25.0. The van der Waals surface area contributed by atoms with Gasteiger partial charge in [-0.3, -0.25) is 9.59 Å². The molecule has 3 aromatic rings. The molecule has 7 heteroatoms. The number of benzene rings is 2. The van der Waals surface area contributed by atoms with Gasteiger partial charge in [-0.2, -0.15) is 5.10 Å². The van der Waals surface area contributed by atoms with Gasteiger partial charge in [0.05, 0.1) is 11.4 Å². The van der Waals surface area contributed by atoms with Gasteiger partial charge in [0.1, 0.15) is 12.4 Å². The van der Waals surface area contributed by atoms with Crippen molar-refractivity contribution in [2.24, 2.45) is 5.92 Å². The van der Waals surface area contributed by atoms with E-state index < -0.39 is 0 Å². The number of aromatic nitrogens is 2. The third kappa shape index (κ3) is 6.56. The number of halogens is 1. The zero-order valence-electron chi connectivity index (χ0n) is 20.7. The summed E-state index contributed by atoms with van der Waals surface area (Å²) in [7, 11) is 0. The molecule has 0 atom stereocenters. The van der Waals surface area contributed by atoms with Crippen LogP contribution in [0.25, 0.3) is 5.69 Å². The number of amides is 2. The average Bonchev–Trinajstić information content (AvgIpc) is 3.17. The molecule has 0 saturated heterocycles. The molecule has 0 spiro atoms. The van der Waals surface area contributed by atoms with Crippen molar-refractivity contribution in [2.75, 3.05) is 18.4 Å². The molecule has 6 nitrogen and oxygen atoms in total. The lowest BCUT2D eigenvalue weighted by molar-refractivity contribution is -0.117. The van der Waals surface area contributed by atoms with Gasteiger partial charge in [-0.25, -0.2) is 4.68 Å². The number of aryl methyl sites for hydroxylation is 1. The Labute approximate surface area is 210 Å². The van der Waals surface area contributed by atoms with E-state index in [9.17, 15) is 9.59 Å². The Morgan fingerprint density at radius 2 is 1.76 bits per heavy atom. The predicted molar refractivity (Wildman–Crippen MR) is 141 cm³/mol. The van der Waals surface area contributed by atoms with Crippen molar-refractivity contribution in [3.63, 3.8) is 0 Å². The SMILES string of the molecule is Cc1ccc(-n2nc(C(C)(C)C)cc2NC(=O)CN(CC(C)C)C(=O)c2cccc(Br)c2)cc1. The molecule has 3 rings (SSSR count). The maximum Gasteiger partial charge on any atom is 0.254 e. The third-order valence-corrected chi connectivity index (χ3v) is 5.80. The number of carbonyl (C=O) groups excluding carboxylic acids is 2. The van der Waals surface area contributed by atoms with Gasteiger partial charge in [-0.05, 0) is 43.2 Å². The highest BCUT2D eigenvalue weighted by Crippen LogP contribution is 2.26. The molecule has 1 heterocycles. The summed E-state index contributed by atoms with van der Waals surface area (Å²) < 4.78 is 2.57. The number of hydrogen-bond donors (Lipinski definition) is 1. The Hall–Kier alpha value is -2.93. The fraction of sp³-hybridized carbons (Fsp3) is 0.370. The molecule has 1 N–H and O–H groups in total. The molecule has 0 unspecified atom stereocenters. The smallest absolute Gasteiger partial charge is 0.254 e. The van der Waals surface area contributed by atoms with Crippen LogP contribution >= 0.6 is 15.9 Å². The quantitative estimate of drug-likeness (QED) is 0.413. The monoisotopic (exact) mass is 524 g/mol.